The van der Waals surface area contributed by atoms with Gasteiger partial charge in [-0.3, -0.25) is 0 Å². The van der Waals surface area contributed by atoms with Crippen LogP contribution in [0.1, 0.15) is 26.3 Å². The van der Waals surface area contributed by atoms with Crippen molar-refractivity contribution < 1.29 is 0 Å². The highest BCUT2D eigenvalue weighted by Crippen LogP contribution is 1.99. The van der Waals surface area contributed by atoms with Crippen LogP contribution in [0.3, 0.4) is 0 Å². The maximum atomic E-state index is 5.84. The second-order valence-electron chi connectivity index (χ2n) is 2.75. The summed E-state index contributed by atoms with van der Waals surface area (Å²) in [6, 6.07) is 1.86. The molecule has 1 aromatic rings. The Kier molecular flexibility index (Phi) is 6.72. The lowest BCUT2D eigenvalue weighted by atomic mass is 10.2. The lowest BCUT2D eigenvalue weighted by Crippen LogP contribution is -2.30. The van der Waals surface area contributed by atoms with E-state index in [9.17, 15) is 0 Å². The zero-order chi connectivity index (χ0) is 11.8. The molecule has 1 nitrogen and oxygen atoms in total. The molecule has 0 amide bonds. The molecule has 1 heterocycles. The molecule has 0 aliphatic rings. The normalized spacial score (nSPS) is 12.1. The molecule has 0 aliphatic heterocycles. The lowest BCUT2D eigenvalue weighted by molar-refractivity contribution is 1.18. The van der Waals surface area contributed by atoms with Gasteiger partial charge in [-0.25, -0.2) is 4.98 Å². The van der Waals surface area contributed by atoms with Gasteiger partial charge in [0.1, 0.15) is 5.15 Å². The summed E-state index contributed by atoms with van der Waals surface area (Å²) in [4.78, 5) is 4.20. The second-order valence-corrected chi connectivity index (χ2v) is 3.14. The number of allylic oxidation sites excluding steroid dienone is 1. The van der Waals surface area contributed by atoms with Crippen molar-refractivity contribution in [2.45, 2.75) is 27.7 Å². The molecule has 1 aromatic heterocycles. The highest BCUT2D eigenvalue weighted by Gasteiger charge is 1.94. The number of pyridine rings is 1. The van der Waals surface area contributed by atoms with Crippen molar-refractivity contribution in [3.05, 3.63) is 40.0 Å². The van der Waals surface area contributed by atoms with Gasteiger partial charge in [0.25, 0.3) is 0 Å². The fourth-order valence-electron chi connectivity index (χ4n) is 1.28. The van der Waals surface area contributed by atoms with E-state index in [0.717, 1.165) is 16.1 Å². The molecule has 0 bridgehead atoms. The van der Waals surface area contributed by atoms with Crippen molar-refractivity contribution in [2.75, 3.05) is 0 Å². The molecule has 0 radical (unpaired) electrons. The zero-order valence-corrected chi connectivity index (χ0v) is 10.6. The van der Waals surface area contributed by atoms with Crippen molar-refractivity contribution in [1.29, 1.82) is 0 Å². The topological polar surface area (TPSA) is 12.9 Å². The molecule has 0 saturated heterocycles. The van der Waals surface area contributed by atoms with Crippen LogP contribution in [0, 0.1) is 6.92 Å². The molecule has 0 fully saturated rings. The van der Waals surface area contributed by atoms with E-state index in [-0.39, 0.29) is 0 Å². The molecule has 0 atom stereocenters. The van der Waals surface area contributed by atoms with Crippen LogP contribution in [0.2, 0.25) is 5.15 Å². The average Bonchev–Trinajstić information content (AvgIpc) is 2.21. The van der Waals surface area contributed by atoms with E-state index in [1.807, 2.05) is 45.9 Å². The standard InChI is InChI=1S/C11H12ClN.C2H6/c1-4-6-10-9(5-2)8(3)7-11(12)13-10;1-2/h4-7H,1H2,2-3H3;1-2H3/b9-5-,10-6+;. The summed E-state index contributed by atoms with van der Waals surface area (Å²) in [7, 11) is 0. The summed E-state index contributed by atoms with van der Waals surface area (Å²) in [6.45, 7) is 11.6. The number of nitrogens with zero attached hydrogens (tertiary/aromatic N) is 1. The Balaban J connectivity index is 0.000000921. The number of hydrogen-bond donors (Lipinski definition) is 0. The Hall–Kier alpha value is -1.08. The largest absolute Gasteiger partial charge is 0.236 e. The summed E-state index contributed by atoms with van der Waals surface area (Å²) in [5.41, 5.74) is 1.13. The molecule has 82 valence electrons. The van der Waals surface area contributed by atoms with Gasteiger partial charge in [-0.2, -0.15) is 0 Å². The van der Waals surface area contributed by atoms with Gasteiger partial charge in [-0.1, -0.05) is 44.2 Å². The smallest absolute Gasteiger partial charge is 0.130 e. The van der Waals surface area contributed by atoms with E-state index >= 15 is 0 Å². The third kappa shape index (κ3) is 3.88. The Morgan fingerprint density at radius 2 is 2.00 bits per heavy atom. The number of rotatable bonds is 1. The van der Waals surface area contributed by atoms with Crippen LogP contribution in [0.4, 0.5) is 0 Å². The Bertz CT molecular complexity index is 433. The van der Waals surface area contributed by atoms with Gasteiger partial charge in [0, 0.05) is 0 Å². The number of hydrogen-bond acceptors (Lipinski definition) is 1. The second kappa shape index (κ2) is 7.24. The van der Waals surface area contributed by atoms with Crippen molar-refractivity contribution in [1.82, 2.24) is 4.98 Å². The first-order chi connectivity index (χ1) is 7.19. The minimum atomic E-state index is 0.524. The van der Waals surface area contributed by atoms with Gasteiger partial charge in [0.15, 0.2) is 0 Å². The Labute approximate surface area is 96.8 Å². The molecular weight excluding hydrogens is 206 g/mol. The third-order valence-electron chi connectivity index (χ3n) is 1.83. The minimum Gasteiger partial charge on any atom is -0.236 e. The first-order valence-electron chi connectivity index (χ1n) is 5.11. The molecule has 2 heteroatoms. The fourth-order valence-corrected chi connectivity index (χ4v) is 1.53. The Morgan fingerprint density at radius 1 is 1.40 bits per heavy atom. The molecule has 0 aliphatic carbocycles. The summed E-state index contributed by atoms with van der Waals surface area (Å²) in [6.07, 6.45) is 5.59. The molecular formula is C13H18ClN. The van der Waals surface area contributed by atoms with E-state index in [0.29, 0.717) is 5.15 Å². The first-order valence-corrected chi connectivity index (χ1v) is 5.49. The van der Waals surface area contributed by atoms with E-state index in [4.69, 9.17) is 11.6 Å². The summed E-state index contributed by atoms with van der Waals surface area (Å²) in [5.74, 6) is 0. The van der Waals surface area contributed by atoms with Gasteiger partial charge >= 0.3 is 0 Å². The van der Waals surface area contributed by atoms with Crippen LogP contribution in [0.25, 0.3) is 12.2 Å². The molecule has 0 unspecified atom stereocenters. The summed E-state index contributed by atoms with van der Waals surface area (Å²) < 4.78 is 0. The highest BCUT2D eigenvalue weighted by atomic mass is 35.5. The molecule has 0 saturated carbocycles. The number of aromatic nitrogens is 1. The SMILES string of the molecule is C=C/C=c1/nc(Cl)cc(C)/c1=C/C.CC. The predicted molar refractivity (Wildman–Crippen MR) is 69.4 cm³/mol. The van der Waals surface area contributed by atoms with E-state index in [1.54, 1.807) is 6.08 Å². The maximum absolute atomic E-state index is 5.84. The van der Waals surface area contributed by atoms with Gasteiger partial charge < -0.3 is 0 Å². The van der Waals surface area contributed by atoms with Crippen LogP contribution in [-0.4, -0.2) is 4.98 Å². The Morgan fingerprint density at radius 3 is 2.47 bits per heavy atom. The summed E-state index contributed by atoms with van der Waals surface area (Å²) in [5, 5.41) is 2.52. The van der Waals surface area contributed by atoms with Crippen molar-refractivity contribution in [2.24, 2.45) is 0 Å². The molecule has 0 aromatic carbocycles. The van der Waals surface area contributed by atoms with Crippen molar-refractivity contribution in [3.8, 4) is 0 Å². The monoisotopic (exact) mass is 223 g/mol. The summed E-state index contributed by atoms with van der Waals surface area (Å²) >= 11 is 5.84. The van der Waals surface area contributed by atoms with Gasteiger partial charge in [0.2, 0.25) is 0 Å². The van der Waals surface area contributed by atoms with Gasteiger partial charge in [0.05, 0.1) is 5.35 Å². The minimum absolute atomic E-state index is 0.524. The van der Waals surface area contributed by atoms with Crippen LogP contribution < -0.4 is 10.6 Å². The quantitative estimate of drug-likeness (QED) is 0.668. The van der Waals surface area contributed by atoms with Crippen molar-refractivity contribution in [3.63, 3.8) is 0 Å². The van der Waals surface area contributed by atoms with E-state index < -0.39 is 0 Å². The average molecular weight is 224 g/mol. The highest BCUT2D eigenvalue weighted by molar-refractivity contribution is 6.29. The van der Waals surface area contributed by atoms with Crippen LogP contribution in [0.5, 0.6) is 0 Å². The third-order valence-corrected chi connectivity index (χ3v) is 2.02. The van der Waals surface area contributed by atoms with E-state index in [2.05, 4.69) is 11.6 Å². The molecule has 0 N–H and O–H groups in total. The number of halogens is 1. The van der Waals surface area contributed by atoms with Crippen LogP contribution >= 0.6 is 11.6 Å². The molecule has 0 spiro atoms. The maximum Gasteiger partial charge on any atom is 0.130 e. The van der Waals surface area contributed by atoms with E-state index in [1.165, 1.54) is 0 Å². The zero-order valence-electron chi connectivity index (χ0n) is 9.84. The predicted octanol–water partition coefficient (Wildman–Crippen LogP) is 2.84. The van der Waals surface area contributed by atoms with Crippen molar-refractivity contribution >= 4 is 23.8 Å². The van der Waals surface area contributed by atoms with Gasteiger partial charge in [-0.15, -0.1) is 0 Å². The first kappa shape index (κ1) is 13.9. The molecule has 15 heavy (non-hydrogen) atoms. The lowest BCUT2D eigenvalue weighted by Gasteiger charge is -1.96. The fraction of sp³-hybridized carbons (Fsp3) is 0.308. The van der Waals surface area contributed by atoms with Gasteiger partial charge in [-0.05, 0) is 36.8 Å². The van der Waals surface area contributed by atoms with Crippen LogP contribution in [0.15, 0.2) is 18.7 Å². The number of aryl methyl sites for hydroxylation is 1. The molecule has 1 rings (SSSR count). The van der Waals surface area contributed by atoms with Crippen LogP contribution in [-0.2, 0) is 0 Å².